The Balaban J connectivity index is 1.57. The van der Waals surface area contributed by atoms with E-state index in [2.05, 4.69) is 32.8 Å². The van der Waals surface area contributed by atoms with Crippen LogP contribution >= 0.6 is 0 Å². The number of nitrogens with zero attached hydrogens (tertiary/aromatic N) is 2. The van der Waals surface area contributed by atoms with Gasteiger partial charge in [0.15, 0.2) is 5.96 Å². The van der Waals surface area contributed by atoms with E-state index in [4.69, 9.17) is 4.74 Å². The maximum absolute atomic E-state index is 12.1. The van der Waals surface area contributed by atoms with Crippen LogP contribution in [0.25, 0.3) is 0 Å². The second kappa shape index (κ2) is 12.9. The lowest BCUT2D eigenvalue weighted by Gasteiger charge is -2.26. The van der Waals surface area contributed by atoms with Crippen LogP contribution in [-0.2, 0) is 9.53 Å². The molecule has 7 nitrogen and oxygen atoms in total. The Morgan fingerprint density at radius 1 is 1.08 bits per heavy atom. The summed E-state index contributed by atoms with van der Waals surface area (Å²) in [5.74, 6) is 1.28. The lowest BCUT2D eigenvalue weighted by molar-refractivity contribution is -0.125. The van der Waals surface area contributed by atoms with Gasteiger partial charge in [0.2, 0.25) is 5.91 Å². The van der Waals surface area contributed by atoms with E-state index in [1.54, 1.807) is 0 Å². The van der Waals surface area contributed by atoms with Crippen molar-refractivity contribution in [2.45, 2.75) is 45.4 Å². The van der Waals surface area contributed by atoms with Crippen LogP contribution in [-0.4, -0.2) is 75.8 Å². The van der Waals surface area contributed by atoms with Crippen LogP contribution in [0.5, 0.6) is 0 Å². The largest absolute Gasteiger partial charge is 0.379 e. The molecule has 1 saturated carbocycles. The molecule has 1 aliphatic carbocycles. The van der Waals surface area contributed by atoms with Crippen LogP contribution in [0.3, 0.4) is 0 Å². The van der Waals surface area contributed by atoms with E-state index in [0.717, 1.165) is 71.2 Å². The van der Waals surface area contributed by atoms with Gasteiger partial charge in [-0.25, -0.2) is 0 Å². The minimum atomic E-state index is 0.221. The number of hydrogen-bond donors (Lipinski definition) is 3. The molecule has 0 aromatic rings. The lowest BCUT2D eigenvalue weighted by atomic mass is 9.89. The number of hydrogen-bond acceptors (Lipinski definition) is 4. The summed E-state index contributed by atoms with van der Waals surface area (Å²) in [6, 6.07) is 0. The SMILES string of the molecule is CCNC(=NCCCN1CCOCC1)NCCNC(=O)C1CCCCC1. The lowest BCUT2D eigenvalue weighted by Crippen LogP contribution is -2.42. The molecule has 0 atom stereocenters. The van der Waals surface area contributed by atoms with E-state index >= 15 is 0 Å². The number of ether oxygens (including phenoxy) is 1. The molecular weight excluding hydrogens is 330 g/mol. The number of aliphatic imine (C=N–C) groups is 1. The molecule has 0 radical (unpaired) electrons. The van der Waals surface area contributed by atoms with E-state index in [-0.39, 0.29) is 11.8 Å². The molecule has 2 fully saturated rings. The zero-order valence-electron chi connectivity index (χ0n) is 16.4. The molecule has 1 amide bonds. The molecule has 1 heterocycles. The quantitative estimate of drug-likeness (QED) is 0.321. The Hall–Kier alpha value is -1.34. The Morgan fingerprint density at radius 3 is 2.54 bits per heavy atom. The van der Waals surface area contributed by atoms with Gasteiger partial charge in [-0.15, -0.1) is 0 Å². The van der Waals surface area contributed by atoms with Crippen molar-refractivity contribution in [3.05, 3.63) is 0 Å². The first-order valence-electron chi connectivity index (χ1n) is 10.4. The average Bonchev–Trinajstić information content (AvgIpc) is 2.69. The summed E-state index contributed by atoms with van der Waals surface area (Å²) < 4.78 is 5.37. The van der Waals surface area contributed by atoms with Crippen molar-refractivity contribution in [3.8, 4) is 0 Å². The van der Waals surface area contributed by atoms with Gasteiger partial charge in [0.1, 0.15) is 0 Å². The predicted octanol–water partition coefficient (Wildman–Crippen LogP) is 0.960. The van der Waals surface area contributed by atoms with Gasteiger partial charge in [0, 0.05) is 51.7 Å². The van der Waals surface area contributed by atoms with Crippen LogP contribution in [0, 0.1) is 5.92 Å². The summed E-state index contributed by atoms with van der Waals surface area (Å²) in [5.41, 5.74) is 0. The third-order valence-electron chi connectivity index (χ3n) is 5.04. The van der Waals surface area contributed by atoms with Gasteiger partial charge in [-0.1, -0.05) is 19.3 Å². The number of morpholine rings is 1. The van der Waals surface area contributed by atoms with Crippen molar-refractivity contribution in [3.63, 3.8) is 0 Å². The molecule has 0 aromatic carbocycles. The van der Waals surface area contributed by atoms with Crippen LogP contribution < -0.4 is 16.0 Å². The number of amides is 1. The molecule has 1 saturated heterocycles. The average molecular weight is 368 g/mol. The maximum atomic E-state index is 12.1. The van der Waals surface area contributed by atoms with Crippen molar-refractivity contribution in [2.24, 2.45) is 10.9 Å². The van der Waals surface area contributed by atoms with E-state index in [1.807, 2.05) is 0 Å². The fourth-order valence-corrected chi connectivity index (χ4v) is 3.53. The summed E-state index contributed by atoms with van der Waals surface area (Å²) in [6.45, 7) is 9.89. The Bertz CT molecular complexity index is 418. The molecule has 150 valence electrons. The second-order valence-electron chi connectivity index (χ2n) is 7.12. The number of carbonyl (C=O) groups excluding carboxylic acids is 1. The Morgan fingerprint density at radius 2 is 1.81 bits per heavy atom. The smallest absolute Gasteiger partial charge is 0.223 e. The zero-order valence-corrected chi connectivity index (χ0v) is 16.4. The van der Waals surface area contributed by atoms with Gasteiger partial charge >= 0.3 is 0 Å². The number of rotatable bonds is 9. The molecule has 26 heavy (non-hydrogen) atoms. The summed E-state index contributed by atoms with van der Waals surface area (Å²) in [5, 5.41) is 9.63. The minimum absolute atomic E-state index is 0.221. The normalized spacial score (nSPS) is 20.0. The van der Waals surface area contributed by atoms with Crippen LogP contribution in [0.15, 0.2) is 4.99 Å². The Labute approximate surface area is 158 Å². The monoisotopic (exact) mass is 367 g/mol. The van der Waals surface area contributed by atoms with E-state index in [0.29, 0.717) is 13.1 Å². The highest BCUT2D eigenvalue weighted by Crippen LogP contribution is 2.23. The van der Waals surface area contributed by atoms with Gasteiger partial charge in [0.25, 0.3) is 0 Å². The summed E-state index contributed by atoms with van der Waals surface area (Å²) >= 11 is 0. The summed E-state index contributed by atoms with van der Waals surface area (Å²) in [4.78, 5) is 19.2. The third-order valence-corrected chi connectivity index (χ3v) is 5.04. The Kier molecular flexibility index (Phi) is 10.4. The van der Waals surface area contributed by atoms with Crippen LogP contribution in [0.4, 0.5) is 0 Å². The van der Waals surface area contributed by atoms with Gasteiger partial charge < -0.3 is 20.7 Å². The fraction of sp³-hybridized carbons (Fsp3) is 0.895. The van der Waals surface area contributed by atoms with Gasteiger partial charge in [-0.3, -0.25) is 14.7 Å². The third kappa shape index (κ3) is 8.36. The van der Waals surface area contributed by atoms with Crippen molar-refractivity contribution < 1.29 is 9.53 Å². The van der Waals surface area contributed by atoms with Gasteiger partial charge in [-0.2, -0.15) is 0 Å². The highest BCUT2D eigenvalue weighted by Gasteiger charge is 2.20. The molecule has 7 heteroatoms. The van der Waals surface area contributed by atoms with Crippen molar-refractivity contribution in [1.29, 1.82) is 0 Å². The molecule has 0 aromatic heterocycles. The van der Waals surface area contributed by atoms with Crippen molar-refractivity contribution >= 4 is 11.9 Å². The molecule has 2 rings (SSSR count). The van der Waals surface area contributed by atoms with E-state index < -0.39 is 0 Å². The van der Waals surface area contributed by atoms with Gasteiger partial charge in [0.05, 0.1) is 13.2 Å². The molecule has 3 N–H and O–H groups in total. The van der Waals surface area contributed by atoms with E-state index in [9.17, 15) is 4.79 Å². The first kappa shape index (κ1) is 21.0. The van der Waals surface area contributed by atoms with Gasteiger partial charge in [-0.05, 0) is 26.2 Å². The molecule has 2 aliphatic rings. The number of nitrogens with one attached hydrogen (secondary N) is 3. The second-order valence-corrected chi connectivity index (χ2v) is 7.12. The van der Waals surface area contributed by atoms with Crippen LogP contribution in [0.1, 0.15) is 45.4 Å². The topological polar surface area (TPSA) is 78.0 Å². The first-order chi connectivity index (χ1) is 12.8. The molecule has 0 spiro atoms. The van der Waals surface area contributed by atoms with Crippen molar-refractivity contribution in [2.75, 3.05) is 59.0 Å². The number of carbonyl (C=O) groups is 1. The first-order valence-corrected chi connectivity index (χ1v) is 10.4. The summed E-state index contributed by atoms with van der Waals surface area (Å²) in [7, 11) is 0. The predicted molar refractivity (Wildman–Crippen MR) is 105 cm³/mol. The van der Waals surface area contributed by atoms with Crippen molar-refractivity contribution in [1.82, 2.24) is 20.9 Å². The van der Waals surface area contributed by atoms with E-state index in [1.165, 1.54) is 19.3 Å². The summed E-state index contributed by atoms with van der Waals surface area (Å²) in [6.07, 6.45) is 6.81. The molecular formula is C19H37N5O2. The van der Waals surface area contributed by atoms with Crippen LogP contribution in [0.2, 0.25) is 0 Å². The number of guanidine groups is 1. The maximum Gasteiger partial charge on any atom is 0.223 e. The highest BCUT2D eigenvalue weighted by atomic mass is 16.5. The molecule has 1 aliphatic heterocycles. The standard InChI is InChI=1S/C19H37N5O2/c1-2-20-19(22-9-6-12-24-13-15-26-16-14-24)23-11-10-21-18(25)17-7-4-3-5-8-17/h17H,2-16H2,1H3,(H,21,25)(H2,20,22,23). The molecule has 0 unspecified atom stereocenters. The molecule has 0 bridgehead atoms. The zero-order chi connectivity index (χ0) is 18.5. The fourth-order valence-electron chi connectivity index (χ4n) is 3.53. The highest BCUT2D eigenvalue weighted by molar-refractivity contribution is 5.80. The minimum Gasteiger partial charge on any atom is -0.379 e.